The SMILES string of the molecule is CNC(=O)c1cc(Oc2ccc3c(c2)CN=C(Nc2ccc(Cl)c(C4=CCN=C(F)S4)c2)O3)ccn1. The van der Waals surface area contributed by atoms with Crippen LogP contribution in [0.15, 0.2) is 70.8 Å². The molecule has 0 fully saturated rings. The van der Waals surface area contributed by atoms with Crippen molar-refractivity contribution in [1.82, 2.24) is 10.3 Å². The van der Waals surface area contributed by atoms with Gasteiger partial charge in [-0.1, -0.05) is 11.6 Å². The van der Waals surface area contributed by atoms with Crippen LogP contribution in [-0.2, 0) is 6.54 Å². The van der Waals surface area contributed by atoms with Crippen LogP contribution in [0.5, 0.6) is 17.2 Å². The van der Waals surface area contributed by atoms with E-state index in [1.165, 1.54) is 6.20 Å². The number of benzene rings is 2. The van der Waals surface area contributed by atoms with Crippen LogP contribution in [0.4, 0.5) is 10.1 Å². The van der Waals surface area contributed by atoms with Crippen LogP contribution in [0.2, 0.25) is 5.02 Å². The number of carbonyl (C=O) groups is 1. The van der Waals surface area contributed by atoms with E-state index in [0.29, 0.717) is 51.0 Å². The highest BCUT2D eigenvalue weighted by Crippen LogP contribution is 2.37. The molecule has 0 radical (unpaired) electrons. The Morgan fingerprint density at radius 1 is 1.14 bits per heavy atom. The first-order chi connectivity index (χ1) is 17.5. The number of aliphatic imine (C=N–C) groups is 2. The first-order valence-electron chi connectivity index (χ1n) is 10.8. The van der Waals surface area contributed by atoms with Gasteiger partial charge in [-0.25, -0.2) is 9.98 Å². The number of pyridine rings is 1. The molecular formula is C25H19ClFN5O3S. The smallest absolute Gasteiger partial charge is 0.295 e. The molecule has 2 aromatic carbocycles. The number of anilines is 1. The van der Waals surface area contributed by atoms with Crippen molar-refractivity contribution in [2.24, 2.45) is 9.98 Å². The van der Waals surface area contributed by atoms with Gasteiger partial charge < -0.3 is 20.1 Å². The number of amides is 1. The Morgan fingerprint density at radius 2 is 2.00 bits per heavy atom. The first-order valence-corrected chi connectivity index (χ1v) is 12.0. The van der Waals surface area contributed by atoms with Crippen LogP contribution in [0, 0.1) is 0 Å². The van der Waals surface area contributed by atoms with Crippen LogP contribution in [-0.4, -0.2) is 35.8 Å². The number of nitrogens with zero attached hydrogens (tertiary/aromatic N) is 3. The number of fused-ring (bicyclic) bond motifs is 1. The lowest BCUT2D eigenvalue weighted by Gasteiger charge is -2.19. The summed E-state index contributed by atoms with van der Waals surface area (Å²) in [6.45, 7) is 0.648. The monoisotopic (exact) mass is 523 g/mol. The van der Waals surface area contributed by atoms with Gasteiger partial charge in [0, 0.05) is 46.1 Å². The number of amidine groups is 1. The van der Waals surface area contributed by atoms with Crippen molar-refractivity contribution in [3.8, 4) is 17.2 Å². The molecule has 5 rings (SSSR count). The zero-order valence-electron chi connectivity index (χ0n) is 18.9. The molecule has 2 N–H and O–H groups in total. The summed E-state index contributed by atoms with van der Waals surface area (Å²) < 4.78 is 25.5. The molecule has 182 valence electrons. The van der Waals surface area contributed by atoms with Gasteiger partial charge in [0.15, 0.2) is 0 Å². The van der Waals surface area contributed by atoms with Gasteiger partial charge in [-0.3, -0.25) is 9.78 Å². The van der Waals surface area contributed by atoms with Gasteiger partial charge in [-0.15, -0.1) is 0 Å². The maximum absolute atomic E-state index is 13.6. The molecule has 3 aromatic rings. The lowest BCUT2D eigenvalue weighted by atomic mass is 10.1. The molecule has 2 aliphatic heterocycles. The zero-order chi connectivity index (χ0) is 25.1. The lowest BCUT2D eigenvalue weighted by Crippen LogP contribution is -2.23. The molecule has 1 amide bonds. The highest BCUT2D eigenvalue weighted by atomic mass is 35.5. The third kappa shape index (κ3) is 5.34. The molecule has 0 bridgehead atoms. The van der Waals surface area contributed by atoms with Crippen molar-refractivity contribution in [3.63, 3.8) is 0 Å². The number of ether oxygens (including phenoxy) is 2. The third-order valence-electron chi connectivity index (χ3n) is 5.23. The second-order valence-corrected chi connectivity index (χ2v) is 9.02. The minimum atomic E-state index is -0.488. The topological polar surface area (TPSA) is 97.2 Å². The van der Waals surface area contributed by atoms with E-state index in [0.717, 1.165) is 17.3 Å². The van der Waals surface area contributed by atoms with Gasteiger partial charge in [0.1, 0.15) is 22.9 Å². The maximum Gasteiger partial charge on any atom is 0.295 e. The van der Waals surface area contributed by atoms with E-state index >= 15 is 0 Å². The van der Waals surface area contributed by atoms with Crippen LogP contribution in [0.1, 0.15) is 21.6 Å². The molecule has 0 unspecified atom stereocenters. The molecule has 2 aliphatic rings. The molecule has 8 nitrogen and oxygen atoms in total. The van der Waals surface area contributed by atoms with E-state index in [1.54, 1.807) is 43.4 Å². The molecule has 0 saturated heterocycles. The largest absolute Gasteiger partial charge is 0.457 e. The van der Waals surface area contributed by atoms with Gasteiger partial charge in [-0.05, 0) is 60.3 Å². The molecule has 0 aliphatic carbocycles. The molecule has 1 aromatic heterocycles. The Balaban J connectivity index is 1.28. The van der Waals surface area contributed by atoms with Crippen molar-refractivity contribution in [1.29, 1.82) is 0 Å². The number of thioether (sulfide) groups is 1. The van der Waals surface area contributed by atoms with Gasteiger partial charge >= 0.3 is 0 Å². The Hall–Kier alpha value is -3.89. The molecule has 0 atom stereocenters. The third-order valence-corrected chi connectivity index (χ3v) is 6.46. The number of halogens is 2. The molecular weight excluding hydrogens is 505 g/mol. The molecule has 3 heterocycles. The van der Waals surface area contributed by atoms with Crippen LogP contribution >= 0.6 is 23.4 Å². The quantitative estimate of drug-likeness (QED) is 0.448. The van der Waals surface area contributed by atoms with E-state index in [-0.39, 0.29) is 18.1 Å². The Morgan fingerprint density at radius 3 is 2.83 bits per heavy atom. The Kier molecular flexibility index (Phi) is 6.88. The van der Waals surface area contributed by atoms with E-state index in [4.69, 9.17) is 21.1 Å². The zero-order valence-corrected chi connectivity index (χ0v) is 20.5. The minimum absolute atomic E-state index is 0.263. The highest BCUT2D eigenvalue weighted by Gasteiger charge is 2.18. The summed E-state index contributed by atoms with van der Waals surface area (Å²) in [5.74, 6) is 1.41. The summed E-state index contributed by atoms with van der Waals surface area (Å²) in [5.41, 5.74) is 2.50. The van der Waals surface area contributed by atoms with Crippen molar-refractivity contribution < 1.29 is 18.7 Å². The minimum Gasteiger partial charge on any atom is -0.457 e. The normalized spacial score (nSPS) is 14.5. The summed E-state index contributed by atoms with van der Waals surface area (Å²) in [7, 11) is 1.54. The lowest BCUT2D eigenvalue weighted by molar-refractivity contribution is 0.0958. The number of rotatable bonds is 5. The van der Waals surface area contributed by atoms with E-state index in [1.807, 2.05) is 18.2 Å². The number of hydrogen-bond donors (Lipinski definition) is 2. The Bertz CT molecular complexity index is 1440. The van der Waals surface area contributed by atoms with Crippen molar-refractivity contribution in [2.75, 3.05) is 18.9 Å². The first kappa shape index (κ1) is 23.8. The predicted octanol–water partition coefficient (Wildman–Crippen LogP) is 5.66. The fraction of sp³-hybridized carbons (Fsp3) is 0.120. The second kappa shape index (κ2) is 10.4. The number of carbonyl (C=O) groups excluding carboxylic acids is 1. The molecule has 36 heavy (non-hydrogen) atoms. The van der Waals surface area contributed by atoms with Crippen molar-refractivity contribution in [2.45, 2.75) is 6.54 Å². The van der Waals surface area contributed by atoms with E-state index in [2.05, 4.69) is 25.6 Å². The van der Waals surface area contributed by atoms with E-state index in [9.17, 15) is 9.18 Å². The van der Waals surface area contributed by atoms with Gasteiger partial charge in [0.25, 0.3) is 11.9 Å². The average Bonchev–Trinajstić information content (AvgIpc) is 2.89. The summed E-state index contributed by atoms with van der Waals surface area (Å²) in [6.07, 6.45) is 3.34. The summed E-state index contributed by atoms with van der Waals surface area (Å²) in [5, 5.41) is 5.70. The Labute approximate surface area is 215 Å². The fourth-order valence-corrected chi connectivity index (χ4v) is 4.54. The maximum atomic E-state index is 13.6. The van der Waals surface area contributed by atoms with Crippen LogP contribution in [0.25, 0.3) is 4.91 Å². The average molecular weight is 524 g/mol. The standard InChI is InChI=1S/C25H19ClFN5O3S/c1-28-23(33)20-12-17(6-8-29-20)34-16-3-5-21-14(10-16)13-31-25(35-21)32-15-2-4-19(26)18(11-15)22-7-9-30-24(27)36-22/h2-8,10-12H,9,13H2,1H3,(H,28,33)(H,31,32). The molecule has 0 spiro atoms. The van der Waals surface area contributed by atoms with Crippen LogP contribution in [0.3, 0.4) is 0 Å². The summed E-state index contributed by atoms with van der Waals surface area (Å²) in [4.78, 5) is 24.7. The molecule has 0 saturated carbocycles. The summed E-state index contributed by atoms with van der Waals surface area (Å²) >= 11 is 7.29. The van der Waals surface area contributed by atoms with Gasteiger partial charge in [0.05, 0.1) is 13.1 Å². The molecule has 11 heteroatoms. The van der Waals surface area contributed by atoms with E-state index < -0.39 is 5.30 Å². The number of nitrogens with one attached hydrogen (secondary N) is 2. The van der Waals surface area contributed by atoms with Crippen molar-refractivity contribution >= 4 is 51.2 Å². The number of hydrogen-bond acceptors (Lipinski definition) is 8. The highest BCUT2D eigenvalue weighted by molar-refractivity contribution is 8.21. The van der Waals surface area contributed by atoms with Gasteiger partial charge in [-0.2, -0.15) is 4.39 Å². The number of aromatic nitrogens is 1. The summed E-state index contributed by atoms with van der Waals surface area (Å²) in [6, 6.07) is 14.3. The second-order valence-electron chi connectivity index (χ2n) is 7.63. The van der Waals surface area contributed by atoms with Crippen molar-refractivity contribution in [3.05, 3.63) is 82.6 Å². The predicted molar refractivity (Wildman–Crippen MR) is 140 cm³/mol. The van der Waals surface area contributed by atoms with Gasteiger partial charge in [0.2, 0.25) is 5.30 Å². The van der Waals surface area contributed by atoms with Crippen LogP contribution < -0.4 is 20.1 Å². The fourth-order valence-electron chi connectivity index (χ4n) is 3.51.